The number of anilines is 2. The lowest BCUT2D eigenvalue weighted by Crippen LogP contribution is -2.30. The van der Waals surface area contributed by atoms with E-state index in [-0.39, 0.29) is 22.8 Å². The lowest BCUT2D eigenvalue weighted by molar-refractivity contribution is -0.123. The van der Waals surface area contributed by atoms with Gasteiger partial charge in [0.2, 0.25) is 5.91 Å². The van der Waals surface area contributed by atoms with Crippen LogP contribution in [0.4, 0.5) is 11.4 Å². The van der Waals surface area contributed by atoms with Crippen molar-refractivity contribution in [1.82, 2.24) is 0 Å². The molecule has 33 heavy (non-hydrogen) atoms. The molecule has 0 unspecified atom stereocenters. The van der Waals surface area contributed by atoms with Crippen molar-refractivity contribution < 1.29 is 23.9 Å². The fraction of sp³-hybridized carbons (Fsp3) is 0.120. The van der Waals surface area contributed by atoms with E-state index in [0.29, 0.717) is 22.0 Å². The van der Waals surface area contributed by atoms with Gasteiger partial charge in [0.25, 0.3) is 5.91 Å². The summed E-state index contributed by atoms with van der Waals surface area (Å²) >= 11 is 5.88. The number of hydrogen-bond donors (Lipinski definition) is 2. The van der Waals surface area contributed by atoms with Crippen LogP contribution in [0.3, 0.4) is 0 Å². The molecule has 8 heteroatoms. The number of rotatable bonds is 7. The Hall–Kier alpha value is -3.97. The van der Waals surface area contributed by atoms with Crippen LogP contribution in [-0.4, -0.2) is 29.7 Å². The van der Waals surface area contributed by atoms with E-state index in [1.807, 2.05) is 0 Å². The van der Waals surface area contributed by atoms with Gasteiger partial charge in [0, 0.05) is 34.4 Å². The maximum absolute atomic E-state index is 12.9. The number of ether oxygens (including phenoxy) is 1. The third-order valence-electron chi connectivity index (χ3n) is 4.62. The van der Waals surface area contributed by atoms with Gasteiger partial charge in [-0.25, -0.2) is 4.79 Å². The second kappa shape index (κ2) is 10.6. The molecule has 0 saturated carbocycles. The minimum absolute atomic E-state index is 0.0526. The molecular weight excluding hydrogens is 444 g/mol. The summed E-state index contributed by atoms with van der Waals surface area (Å²) in [5, 5.41) is 5.76. The number of hydrogen-bond acceptors (Lipinski definition) is 5. The molecule has 7 nitrogen and oxygen atoms in total. The largest absolute Gasteiger partial charge is 0.449 e. The van der Waals surface area contributed by atoms with Gasteiger partial charge in [-0.05, 0) is 61.5 Å². The molecule has 0 fully saturated rings. The zero-order valence-electron chi connectivity index (χ0n) is 17.9. The molecule has 0 aliphatic heterocycles. The van der Waals surface area contributed by atoms with Gasteiger partial charge in [-0.2, -0.15) is 0 Å². The van der Waals surface area contributed by atoms with Crippen LogP contribution in [0.2, 0.25) is 5.02 Å². The Morgan fingerprint density at radius 1 is 0.788 bits per heavy atom. The van der Waals surface area contributed by atoms with E-state index in [9.17, 15) is 19.2 Å². The average Bonchev–Trinajstić information content (AvgIpc) is 2.80. The molecule has 0 aliphatic carbocycles. The number of halogens is 1. The number of ketones is 1. The standard InChI is InChI=1S/C25H21ClN2O5/c1-15(24(31)28-20-13-11-19(12-14-20)27-16(2)29)33-25(32)22-6-4-3-5-21(22)23(30)17-7-9-18(26)10-8-17/h3-15H,1-2H3,(H,27,29)(H,28,31)/t15-/m0/s1. The summed E-state index contributed by atoms with van der Waals surface area (Å²) in [5.41, 5.74) is 1.63. The van der Waals surface area contributed by atoms with Crippen LogP contribution in [-0.2, 0) is 14.3 Å². The predicted molar refractivity (Wildman–Crippen MR) is 126 cm³/mol. The predicted octanol–water partition coefficient (Wildman–Crippen LogP) is 4.71. The molecule has 0 bridgehead atoms. The van der Waals surface area contributed by atoms with E-state index >= 15 is 0 Å². The summed E-state index contributed by atoms with van der Waals surface area (Å²) < 4.78 is 5.31. The number of amides is 2. The summed E-state index contributed by atoms with van der Waals surface area (Å²) in [7, 11) is 0. The molecule has 3 aromatic rings. The molecular formula is C25H21ClN2O5. The summed E-state index contributed by atoms with van der Waals surface area (Å²) in [5.74, 6) is -1.91. The highest BCUT2D eigenvalue weighted by molar-refractivity contribution is 6.30. The van der Waals surface area contributed by atoms with Crippen molar-refractivity contribution in [3.8, 4) is 0 Å². The van der Waals surface area contributed by atoms with Crippen molar-refractivity contribution in [2.75, 3.05) is 10.6 Å². The first-order valence-corrected chi connectivity index (χ1v) is 10.4. The topological polar surface area (TPSA) is 102 Å². The summed E-state index contributed by atoms with van der Waals surface area (Å²) in [6.07, 6.45) is -1.12. The first-order chi connectivity index (χ1) is 15.7. The van der Waals surface area contributed by atoms with Crippen LogP contribution in [0.1, 0.15) is 40.1 Å². The molecule has 0 aliphatic rings. The van der Waals surface area contributed by atoms with Gasteiger partial charge in [-0.15, -0.1) is 0 Å². The van der Waals surface area contributed by atoms with Crippen molar-refractivity contribution in [1.29, 1.82) is 0 Å². The molecule has 3 aromatic carbocycles. The smallest absolute Gasteiger partial charge is 0.339 e. The normalized spacial score (nSPS) is 11.2. The van der Waals surface area contributed by atoms with Crippen LogP contribution in [0, 0.1) is 0 Å². The number of nitrogens with one attached hydrogen (secondary N) is 2. The first kappa shape index (κ1) is 23.7. The Balaban J connectivity index is 1.68. The molecule has 2 amide bonds. The third kappa shape index (κ3) is 6.27. The minimum atomic E-state index is -1.12. The zero-order chi connectivity index (χ0) is 24.0. The van der Waals surface area contributed by atoms with E-state index in [1.54, 1.807) is 60.7 Å². The second-order valence-electron chi connectivity index (χ2n) is 7.18. The summed E-state index contributed by atoms with van der Waals surface area (Å²) in [6.45, 7) is 2.83. The first-order valence-electron chi connectivity index (χ1n) is 10.0. The highest BCUT2D eigenvalue weighted by atomic mass is 35.5. The van der Waals surface area contributed by atoms with Crippen molar-refractivity contribution >= 4 is 46.5 Å². The maximum Gasteiger partial charge on any atom is 0.339 e. The van der Waals surface area contributed by atoms with Crippen LogP contribution in [0.5, 0.6) is 0 Å². The fourth-order valence-electron chi connectivity index (χ4n) is 2.98. The Kier molecular flexibility index (Phi) is 7.58. The molecule has 168 valence electrons. The second-order valence-corrected chi connectivity index (χ2v) is 7.61. The van der Waals surface area contributed by atoms with Crippen LogP contribution >= 0.6 is 11.6 Å². The Morgan fingerprint density at radius 3 is 1.91 bits per heavy atom. The van der Waals surface area contributed by atoms with Crippen molar-refractivity contribution in [3.05, 3.63) is 94.5 Å². The average molecular weight is 465 g/mol. The number of benzene rings is 3. The number of carbonyl (C=O) groups excluding carboxylic acids is 4. The van der Waals surface area contributed by atoms with Gasteiger partial charge < -0.3 is 15.4 Å². The lowest BCUT2D eigenvalue weighted by atomic mass is 9.98. The van der Waals surface area contributed by atoms with Crippen molar-refractivity contribution in [2.45, 2.75) is 20.0 Å². The van der Waals surface area contributed by atoms with Gasteiger partial charge in [-0.3, -0.25) is 14.4 Å². The van der Waals surface area contributed by atoms with E-state index in [4.69, 9.17) is 16.3 Å². The maximum atomic E-state index is 12.9. The monoisotopic (exact) mass is 464 g/mol. The van der Waals surface area contributed by atoms with Crippen molar-refractivity contribution in [2.24, 2.45) is 0 Å². The lowest BCUT2D eigenvalue weighted by Gasteiger charge is -2.15. The molecule has 0 spiro atoms. The van der Waals surface area contributed by atoms with Crippen LogP contribution < -0.4 is 10.6 Å². The zero-order valence-corrected chi connectivity index (χ0v) is 18.7. The van der Waals surface area contributed by atoms with E-state index in [1.165, 1.54) is 26.0 Å². The molecule has 1 atom stereocenters. The molecule has 0 saturated heterocycles. The summed E-state index contributed by atoms with van der Waals surface area (Å²) in [4.78, 5) is 49.2. The minimum Gasteiger partial charge on any atom is -0.449 e. The Labute approximate surface area is 195 Å². The molecule has 3 rings (SSSR count). The van der Waals surface area contributed by atoms with Gasteiger partial charge in [0.15, 0.2) is 11.9 Å². The molecule has 0 radical (unpaired) electrons. The quantitative estimate of drug-likeness (QED) is 0.389. The van der Waals surface area contributed by atoms with Gasteiger partial charge in [0.1, 0.15) is 0 Å². The molecule has 2 N–H and O–H groups in total. The Bertz CT molecular complexity index is 1190. The van der Waals surface area contributed by atoms with E-state index < -0.39 is 18.0 Å². The number of carbonyl (C=O) groups is 4. The van der Waals surface area contributed by atoms with Gasteiger partial charge in [-0.1, -0.05) is 29.8 Å². The highest BCUT2D eigenvalue weighted by Crippen LogP contribution is 2.19. The van der Waals surface area contributed by atoms with Gasteiger partial charge >= 0.3 is 5.97 Å². The third-order valence-corrected chi connectivity index (χ3v) is 4.88. The SMILES string of the molecule is CC(=O)Nc1ccc(NC(=O)[C@H](C)OC(=O)c2ccccc2C(=O)c2ccc(Cl)cc2)cc1. The Morgan fingerprint density at radius 2 is 1.33 bits per heavy atom. The number of esters is 1. The van der Waals surface area contributed by atoms with Crippen LogP contribution in [0.15, 0.2) is 72.8 Å². The fourth-order valence-corrected chi connectivity index (χ4v) is 3.10. The molecule has 0 aromatic heterocycles. The van der Waals surface area contributed by atoms with Crippen molar-refractivity contribution in [3.63, 3.8) is 0 Å². The molecule has 0 heterocycles. The van der Waals surface area contributed by atoms with E-state index in [2.05, 4.69) is 10.6 Å². The van der Waals surface area contributed by atoms with Gasteiger partial charge in [0.05, 0.1) is 5.56 Å². The highest BCUT2D eigenvalue weighted by Gasteiger charge is 2.23. The van der Waals surface area contributed by atoms with Crippen LogP contribution in [0.25, 0.3) is 0 Å². The van der Waals surface area contributed by atoms with E-state index in [0.717, 1.165) is 0 Å². The summed E-state index contributed by atoms with van der Waals surface area (Å²) in [6, 6.07) is 19.0.